The van der Waals surface area contributed by atoms with Crippen LogP contribution in [0.15, 0.2) is 65.9 Å². The molecule has 0 radical (unpaired) electrons. The van der Waals surface area contributed by atoms with Gasteiger partial charge in [0.2, 0.25) is 11.9 Å². The van der Waals surface area contributed by atoms with Crippen LogP contribution in [0, 0.1) is 11.8 Å². The van der Waals surface area contributed by atoms with E-state index < -0.39 is 0 Å². The summed E-state index contributed by atoms with van der Waals surface area (Å²) in [6.07, 6.45) is 6.84. The molecule has 10 heteroatoms. The van der Waals surface area contributed by atoms with Crippen molar-refractivity contribution in [2.24, 2.45) is 16.8 Å². The molecule has 0 aliphatic carbocycles. The molecule has 1 fully saturated rings. The van der Waals surface area contributed by atoms with Gasteiger partial charge in [-0.25, -0.2) is 9.78 Å². The summed E-state index contributed by atoms with van der Waals surface area (Å²) in [4.78, 5) is 44.9. The van der Waals surface area contributed by atoms with E-state index in [0.717, 1.165) is 24.1 Å². The SMILES string of the molecule is C=CC(=O)N1CC[C@@H](CN2C(=O)N(c3ccccc3)Cc3cnc(NC4=CC(C)CCN=C4Cl)nc32)C1. The molecule has 0 bridgehead atoms. The Kier molecular flexibility index (Phi) is 7.23. The molecule has 37 heavy (non-hydrogen) atoms. The Balaban J connectivity index is 1.46. The fourth-order valence-corrected chi connectivity index (χ4v) is 5.12. The molecule has 3 aliphatic rings. The minimum Gasteiger partial charge on any atom is -0.339 e. The largest absolute Gasteiger partial charge is 0.339 e. The number of allylic oxidation sites excluding steroid dienone is 2. The molecule has 9 nitrogen and oxygen atoms in total. The van der Waals surface area contributed by atoms with Gasteiger partial charge >= 0.3 is 6.03 Å². The van der Waals surface area contributed by atoms with Gasteiger partial charge in [0.15, 0.2) is 0 Å². The smallest absolute Gasteiger partial charge is 0.330 e. The second kappa shape index (κ2) is 10.7. The van der Waals surface area contributed by atoms with Gasteiger partial charge in [-0.15, -0.1) is 0 Å². The zero-order valence-electron chi connectivity index (χ0n) is 20.8. The number of halogens is 1. The van der Waals surface area contributed by atoms with Crippen molar-refractivity contribution in [3.63, 3.8) is 0 Å². The number of urea groups is 1. The van der Waals surface area contributed by atoms with Gasteiger partial charge in [0.1, 0.15) is 11.0 Å². The van der Waals surface area contributed by atoms with E-state index in [9.17, 15) is 9.59 Å². The lowest BCUT2D eigenvalue weighted by molar-refractivity contribution is -0.125. The number of anilines is 3. The number of hydrogen-bond donors (Lipinski definition) is 1. The third-order valence-corrected chi connectivity index (χ3v) is 7.25. The molecule has 192 valence electrons. The van der Waals surface area contributed by atoms with Crippen molar-refractivity contribution in [3.8, 4) is 0 Å². The first-order valence-electron chi connectivity index (χ1n) is 12.5. The van der Waals surface area contributed by atoms with Gasteiger partial charge in [0.05, 0.1) is 12.2 Å². The topological polar surface area (TPSA) is 94.0 Å². The van der Waals surface area contributed by atoms with Crippen LogP contribution in [0.5, 0.6) is 0 Å². The summed E-state index contributed by atoms with van der Waals surface area (Å²) >= 11 is 6.40. The highest BCUT2D eigenvalue weighted by Gasteiger charge is 2.36. The Morgan fingerprint density at radius 2 is 2.08 bits per heavy atom. The van der Waals surface area contributed by atoms with Crippen LogP contribution in [0.25, 0.3) is 0 Å². The number of carbonyl (C=O) groups excluding carboxylic acids is 2. The van der Waals surface area contributed by atoms with E-state index in [1.54, 1.807) is 20.9 Å². The van der Waals surface area contributed by atoms with Crippen molar-refractivity contribution >= 4 is 46.2 Å². The van der Waals surface area contributed by atoms with Crippen molar-refractivity contribution in [3.05, 3.63) is 66.5 Å². The molecule has 0 spiro atoms. The monoisotopic (exact) mass is 519 g/mol. The number of para-hydroxylation sites is 1. The predicted molar refractivity (Wildman–Crippen MR) is 146 cm³/mol. The number of carbonyl (C=O) groups is 2. The number of likely N-dealkylation sites (tertiary alicyclic amines) is 1. The van der Waals surface area contributed by atoms with Crippen molar-refractivity contribution in [1.82, 2.24) is 14.9 Å². The average Bonchev–Trinajstić information content (AvgIpc) is 3.32. The number of aromatic nitrogens is 2. The average molecular weight is 520 g/mol. The standard InChI is InChI=1S/C27H30ClN7O2/c1-3-23(36)33-12-10-19(15-33)16-35-25-20(17-34(27(35)37)21-7-5-4-6-8-21)14-30-26(32-25)31-22-13-18(2)9-11-29-24(22)28/h3-8,13-14,18-19H,1,9-12,15-17H2,2H3,(H,30,31,32)/t18?,19-/m1/s1. The van der Waals surface area contributed by atoms with Crippen LogP contribution in [0.2, 0.25) is 0 Å². The minimum absolute atomic E-state index is 0.0861. The van der Waals surface area contributed by atoms with Crippen LogP contribution < -0.4 is 15.1 Å². The number of hydrogen-bond acceptors (Lipinski definition) is 6. The predicted octanol–water partition coefficient (Wildman–Crippen LogP) is 4.43. The highest BCUT2D eigenvalue weighted by molar-refractivity contribution is 6.69. The van der Waals surface area contributed by atoms with Crippen molar-refractivity contribution in [2.45, 2.75) is 26.3 Å². The summed E-state index contributed by atoms with van der Waals surface area (Å²) in [6, 6.07) is 9.42. The maximum absolute atomic E-state index is 13.8. The van der Waals surface area contributed by atoms with Crippen molar-refractivity contribution in [1.29, 1.82) is 0 Å². The molecule has 1 aromatic heterocycles. The molecule has 1 saturated heterocycles. The highest BCUT2D eigenvalue weighted by Crippen LogP contribution is 2.33. The van der Waals surface area contributed by atoms with E-state index in [2.05, 4.69) is 28.8 Å². The first kappa shape index (κ1) is 25.0. The van der Waals surface area contributed by atoms with Crippen LogP contribution in [0.1, 0.15) is 25.3 Å². The Labute approximate surface area is 221 Å². The molecule has 1 aromatic carbocycles. The third kappa shape index (κ3) is 5.36. The van der Waals surface area contributed by atoms with E-state index in [4.69, 9.17) is 16.6 Å². The Morgan fingerprint density at radius 3 is 2.86 bits per heavy atom. The van der Waals surface area contributed by atoms with E-state index >= 15 is 0 Å². The maximum atomic E-state index is 13.8. The van der Waals surface area contributed by atoms with Crippen molar-refractivity contribution < 1.29 is 9.59 Å². The molecule has 0 saturated carbocycles. The fourth-order valence-electron chi connectivity index (χ4n) is 4.92. The molecule has 5 rings (SSSR count). The summed E-state index contributed by atoms with van der Waals surface area (Å²) in [6.45, 7) is 8.39. The summed E-state index contributed by atoms with van der Waals surface area (Å²) in [5.41, 5.74) is 2.32. The second-order valence-corrected chi connectivity index (χ2v) is 10.0. The van der Waals surface area contributed by atoms with Gasteiger partial charge in [-0.05, 0) is 42.9 Å². The minimum atomic E-state index is -0.154. The van der Waals surface area contributed by atoms with Crippen molar-refractivity contribution in [2.75, 3.05) is 41.3 Å². The van der Waals surface area contributed by atoms with Crippen LogP contribution in [-0.2, 0) is 11.3 Å². The molecule has 4 heterocycles. The normalized spacial score (nSPS) is 21.7. The van der Waals surface area contributed by atoms with Gasteiger partial charge in [0, 0.05) is 43.6 Å². The zero-order chi connectivity index (χ0) is 25.9. The number of benzene rings is 1. The molecule has 3 aliphatic heterocycles. The van der Waals surface area contributed by atoms with Crippen LogP contribution in [0.3, 0.4) is 0 Å². The van der Waals surface area contributed by atoms with Crippen LogP contribution >= 0.6 is 11.6 Å². The molecule has 3 amide bonds. The third-order valence-electron chi connectivity index (χ3n) is 6.92. The highest BCUT2D eigenvalue weighted by atomic mass is 35.5. The molecular formula is C27H30ClN7O2. The number of amides is 3. The van der Waals surface area contributed by atoms with Gasteiger partial charge in [-0.2, -0.15) is 4.98 Å². The number of nitrogens with zero attached hydrogens (tertiary/aromatic N) is 6. The first-order valence-corrected chi connectivity index (χ1v) is 12.9. The second-order valence-electron chi connectivity index (χ2n) is 9.64. The lowest BCUT2D eigenvalue weighted by Crippen LogP contribution is -2.50. The maximum Gasteiger partial charge on any atom is 0.330 e. The fraction of sp³-hybridized carbons (Fsp3) is 0.370. The lowest BCUT2D eigenvalue weighted by atomic mass is 10.1. The summed E-state index contributed by atoms with van der Waals surface area (Å²) < 4.78 is 0. The van der Waals surface area contributed by atoms with Crippen LogP contribution in [0.4, 0.5) is 22.2 Å². The summed E-state index contributed by atoms with van der Waals surface area (Å²) in [5.74, 6) is 1.26. The Morgan fingerprint density at radius 1 is 1.27 bits per heavy atom. The Hall–Kier alpha value is -3.72. The van der Waals surface area contributed by atoms with E-state index in [1.807, 2.05) is 36.4 Å². The summed E-state index contributed by atoms with van der Waals surface area (Å²) in [5, 5.41) is 3.61. The number of nitrogens with one attached hydrogen (secondary N) is 1. The number of fused-ring (bicyclic) bond motifs is 1. The van der Waals surface area contributed by atoms with E-state index in [-0.39, 0.29) is 17.9 Å². The molecule has 1 unspecified atom stereocenters. The quantitative estimate of drug-likeness (QED) is 0.570. The van der Waals surface area contributed by atoms with E-state index in [1.165, 1.54) is 6.08 Å². The van der Waals surface area contributed by atoms with E-state index in [0.29, 0.717) is 61.3 Å². The van der Waals surface area contributed by atoms with Crippen LogP contribution in [-0.4, -0.2) is 58.2 Å². The number of aliphatic imine (C=N–C) groups is 1. The Bertz CT molecular complexity index is 1260. The zero-order valence-corrected chi connectivity index (χ0v) is 21.6. The van der Waals surface area contributed by atoms with Gasteiger partial charge < -0.3 is 10.2 Å². The number of rotatable bonds is 6. The van der Waals surface area contributed by atoms with Gasteiger partial charge in [-0.1, -0.05) is 49.4 Å². The first-order chi connectivity index (χ1) is 17.9. The van der Waals surface area contributed by atoms with Gasteiger partial charge in [-0.3, -0.25) is 19.6 Å². The lowest BCUT2D eigenvalue weighted by Gasteiger charge is -2.37. The molecular weight excluding hydrogens is 490 g/mol. The molecule has 1 N–H and O–H groups in total. The summed E-state index contributed by atoms with van der Waals surface area (Å²) in [7, 11) is 0. The molecule has 2 aromatic rings. The van der Waals surface area contributed by atoms with Gasteiger partial charge in [0.25, 0.3) is 0 Å². The molecule has 2 atom stereocenters.